The number of benzene rings is 4. The fourth-order valence-corrected chi connectivity index (χ4v) is 10.0. The lowest BCUT2D eigenvalue weighted by Crippen LogP contribution is -2.20. The molecule has 352 valence electrons. The highest BCUT2D eigenvalue weighted by atomic mass is 14.3. The zero-order valence-corrected chi connectivity index (χ0v) is 45.4. The van der Waals surface area contributed by atoms with Crippen LogP contribution in [0.1, 0.15) is 253 Å². The fraction of sp³-hybridized carbons (Fsp3) is 0.625. The van der Waals surface area contributed by atoms with Crippen molar-refractivity contribution in [3.63, 3.8) is 0 Å². The molecule has 1 aliphatic carbocycles. The number of fused-ring (bicyclic) bond motifs is 8. The van der Waals surface area contributed by atoms with Gasteiger partial charge in [-0.15, -0.1) is 0 Å². The van der Waals surface area contributed by atoms with Gasteiger partial charge in [0.1, 0.15) is 0 Å². The summed E-state index contributed by atoms with van der Waals surface area (Å²) in [4.78, 5) is 0. The van der Waals surface area contributed by atoms with Crippen LogP contribution in [0.5, 0.6) is 0 Å². The van der Waals surface area contributed by atoms with Crippen molar-refractivity contribution in [2.75, 3.05) is 0 Å². The van der Waals surface area contributed by atoms with Gasteiger partial charge in [-0.05, 0) is 186 Å². The second kappa shape index (κ2) is 20.4. The third-order valence-electron chi connectivity index (χ3n) is 15.7. The number of hydrogen-bond donors (Lipinski definition) is 0. The molecule has 0 saturated heterocycles. The molecule has 4 atom stereocenters. The van der Waals surface area contributed by atoms with Crippen molar-refractivity contribution in [3.8, 4) is 0 Å². The Hall–Kier alpha value is -3.12. The third-order valence-corrected chi connectivity index (χ3v) is 15.7. The van der Waals surface area contributed by atoms with Crippen molar-refractivity contribution in [1.82, 2.24) is 0 Å². The molecule has 5 rings (SSSR count). The smallest absolute Gasteiger partial charge is 0.00199 e. The van der Waals surface area contributed by atoms with Crippen molar-refractivity contribution in [3.05, 3.63) is 138 Å². The second-order valence-corrected chi connectivity index (χ2v) is 25.7. The first-order valence-electron chi connectivity index (χ1n) is 26.3. The van der Waals surface area contributed by atoms with Gasteiger partial charge in [-0.25, -0.2) is 0 Å². The van der Waals surface area contributed by atoms with Crippen LogP contribution in [-0.2, 0) is 73.0 Å². The molecule has 8 bridgehead atoms. The van der Waals surface area contributed by atoms with Crippen molar-refractivity contribution in [2.24, 2.45) is 23.7 Å². The first-order chi connectivity index (χ1) is 29.7. The molecule has 0 fully saturated rings. The minimum atomic E-state index is 0.0364. The summed E-state index contributed by atoms with van der Waals surface area (Å²) in [6.07, 6.45) is 13.3. The molecular formula is C64H96. The summed E-state index contributed by atoms with van der Waals surface area (Å²) in [6.45, 7) is 48.8. The molecule has 0 spiro atoms. The predicted molar refractivity (Wildman–Crippen MR) is 284 cm³/mol. The summed E-state index contributed by atoms with van der Waals surface area (Å²) in [5.74, 6) is 2.45. The van der Waals surface area contributed by atoms with E-state index < -0.39 is 0 Å². The summed E-state index contributed by atoms with van der Waals surface area (Å²) in [5, 5.41) is 0. The van der Waals surface area contributed by atoms with Crippen molar-refractivity contribution >= 4 is 0 Å². The van der Waals surface area contributed by atoms with Crippen LogP contribution < -0.4 is 0 Å². The molecule has 64 heavy (non-hydrogen) atoms. The van der Waals surface area contributed by atoms with E-state index in [1.807, 2.05) is 0 Å². The van der Waals surface area contributed by atoms with Gasteiger partial charge in [-0.1, -0.05) is 213 Å². The second-order valence-electron chi connectivity index (χ2n) is 25.7. The molecule has 0 nitrogen and oxygen atoms in total. The molecule has 0 radical (unpaired) electrons. The van der Waals surface area contributed by atoms with Gasteiger partial charge in [-0.3, -0.25) is 0 Å². The van der Waals surface area contributed by atoms with E-state index in [9.17, 15) is 0 Å². The Morgan fingerprint density at radius 1 is 0.297 bits per heavy atom. The van der Waals surface area contributed by atoms with Crippen molar-refractivity contribution < 1.29 is 0 Å². The van der Waals surface area contributed by atoms with Gasteiger partial charge in [0.25, 0.3) is 0 Å². The average molecular weight is 865 g/mol. The molecule has 1 aliphatic rings. The Kier molecular flexibility index (Phi) is 16.5. The molecule has 0 aromatic heterocycles. The maximum Gasteiger partial charge on any atom is -0.00199 e. The van der Waals surface area contributed by atoms with Gasteiger partial charge in [0.05, 0.1) is 0 Å². The van der Waals surface area contributed by atoms with E-state index >= 15 is 0 Å². The minimum absolute atomic E-state index is 0.0364. The van der Waals surface area contributed by atoms with Crippen molar-refractivity contribution in [1.29, 1.82) is 0 Å². The topological polar surface area (TPSA) is 0 Å². The molecule has 4 aromatic rings. The van der Waals surface area contributed by atoms with E-state index in [4.69, 9.17) is 0 Å². The molecule has 0 unspecified atom stereocenters. The van der Waals surface area contributed by atoms with E-state index in [2.05, 4.69) is 187 Å². The standard InChI is InChI=1S/C64H96/c1-21-41(5)25-57-45-29-47-35-54(62(12,13)14)37-49(58(47)26-42(6)22-2)31-51-39-56(64(18,19)20)40-52(60(51)28-44(8)24-4)32-50-38-55(63(15,16)17)36-48(59(50)27-43(7)23-3)30-46(57)34-53(33-45)61(9,10)11/h33-44H,21-32H2,1-20H3/t41-,42-,43-,44-/m0/s1. The maximum atomic E-state index is 2.67. The number of rotatable bonds is 12. The van der Waals surface area contributed by atoms with Crippen LogP contribution in [0.25, 0.3) is 0 Å². The van der Waals surface area contributed by atoms with Crippen molar-refractivity contribution in [2.45, 2.75) is 237 Å². The van der Waals surface area contributed by atoms with Crippen LogP contribution in [0.15, 0.2) is 48.5 Å². The van der Waals surface area contributed by atoms with E-state index in [0.717, 1.165) is 51.4 Å². The maximum absolute atomic E-state index is 2.67. The van der Waals surface area contributed by atoms with Crippen LogP contribution >= 0.6 is 0 Å². The summed E-state index contributed by atoms with van der Waals surface area (Å²) in [6, 6.07) is 21.3. The third kappa shape index (κ3) is 12.6. The highest BCUT2D eigenvalue weighted by Crippen LogP contribution is 2.41. The highest BCUT2D eigenvalue weighted by molar-refractivity contribution is 5.55. The molecule has 0 saturated carbocycles. The molecule has 0 aliphatic heterocycles. The Bertz CT molecular complexity index is 1800. The van der Waals surface area contributed by atoms with E-state index in [1.165, 1.54) is 47.9 Å². The van der Waals surface area contributed by atoms with Crippen LogP contribution in [0, 0.1) is 23.7 Å². The first-order valence-corrected chi connectivity index (χ1v) is 26.3. The Balaban J connectivity index is 2.07. The molecule has 0 N–H and O–H groups in total. The van der Waals surface area contributed by atoms with Gasteiger partial charge in [0.2, 0.25) is 0 Å². The lowest BCUT2D eigenvalue weighted by atomic mass is 9.74. The highest BCUT2D eigenvalue weighted by Gasteiger charge is 2.29. The largest absolute Gasteiger partial charge is 0.0651 e. The van der Waals surface area contributed by atoms with E-state index in [-0.39, 0.29) is 21.7 Å². The molecule has 0 heteroatoms. The first kappa shape index (κ1) is 51.9. The van der Waals surface area contributed by atoms with Gasteiger partial charge < -0.3 is 0 Å². The van der Waals surface area contributed by atoms with Gasteiger partial charge in [0.15, 0.2) is 0 Å². The average Bonchev–Trinajstić information content (AvgIpc) is 3.19. The lowest BCUT2D eigenvalue weighted by molar-refractivity contribution is 0.546. The predicted octanol–water partition coefficient (Wildman–Crippen LogP) is 17.9. The fourth-order valence-electron chi connectivity index (χ4n) is 10.0. The summed E-state index contributed by atoms with van der Waals surface area (Å²) in [5.41, 5.74) is 25.2. The van der Waals surface area contributed by atoms with Gasteiger partial charge in [-0.2, -0.15) is 0 Å². The summed E-state index contributed by atoms with van der Waals surface area (Å²) < 4.78 is 0. The summed E-state index contributed by atoms with van der Waals surface area (Å²) >= 11 is 0. The normalized spacial score (nSPS) is 15.8. The zero-order chi connectivity index (χ0) is 47.7. The van der Waals surface area contributed by atoms with Gasteiger partial charge >= 0.3 is 0 Å². The Morgan fingerprint density at radius 2 is 0.438 bits per heavy atom. The quantitative estimate of drug-likeness (QED) is 0.117. The Morgan fingerprint density at radius 3 is 0.547 bits per heavy atom. The molecule has 0 heterocycles. The number of hydrogen-bond acceptors (Lipinski definition) is 0. The zero-order valence-electron chi connectivity index (χ0n) is 45.4. The summed E-state index contributed by atoms with van der Waals surface area (Å²) in [7, 11) is 0. The van der Waals surface area contributed by atoms with E-state index in [1.54, 1.807) is 66.8 Å². The van der Waals surface area contributed by atoms with Crippen LogP contribution in [0.4, 0.5) is 0 Å². The molecule has 0 amide bonds. The lowest BCUT2D eigenvalue weighted by Gasteiger charge is -2.31. The van der Waals surface area contributed by atoms with Gasteiger partial charge in [0, 0.05) is 0 Å². The monoisotopic (exact) mass is 865 g/mol. The minimum Gasteiger partial charge on any atom is -0.0651 e. The molecular weight excluding hydrogens is 769 g/mol. The van der Waals surface area contributed by atoms with E-state index in [0.29, 0.717) is 23.7 Å². The van der Waals surface area contributed by atoms with Crippen LogP contribution in [-0.4, -0.2) is 0 Å². The Labute approximate surface area is 396 Å². The van der Waals surface area contributed by atoms with Crippen LogP contribution in [0.3, 0.4) is 0 Å². The SMILES string of the molecule is CC[C@H](C)Cc1c2cc(C(C)(C)C)cc1Cc1cc(C(C)(C)C)cc(c1C[C@@H](C)CC)Cc1cc(C(C)(C)C)cc(c1C[C@@H](C)CC)Cc1cc(C(C)(C)C)cc(c1C[C@@H](C)CC)C2. The molecule has 4 aromatic carbocycles. The van der Waals surface area contributed by atoms with Crippen LogP contribution in [0.2, 0.25) is 0 Å².